The Balaban J connectivity index is 3.07. The summed E-state index contributed by atoms with van der Waals surface area (Å²) in [6, 6.07) is 2.32. The lowest BCUT2D eigenvalue weighted by Crippen LogP contribution is -2.42. The van der Waals surface area contributed by atoms with E-state index in [0.29, 0.717) is 12.8 Å². The summed E-state index contributed by atoms with van der Waals surface area (Å²) in [6.45, 7) is 3.30. The molecule has 0 heterocycles. The van der Waals surface area contributed by atoms with Crippen molar-refractivity contribution in [3.63, 3.8) is 0 Å². The van der Waals surface area contributed by atoms with Crippen molar-refractivity contribution in [2.24, 2.45) is 0 Å². The molecule has 0 fully saturated rings. The molecule has 0 saturated carbocycles. The van der Waals surface area contributed by atoms with Crippen LogP contribution < -0.4 is 10.5 Å². The maximum atomic E-state index is 13.9. The van der Waals surface area contributed by atoms with E-state index in [0.717, 1.165) is 6.07 Å². The van der Waals surface area contributed by atoms with Gasteiger partial charge in [-0.2, -0.15) is 0 Å². The van der Waals surface area contributed by atoms with Crippen molar-refractivity contribution in [2.75, 3.05) is 12.3 Å². The smallest absolute Gasteiger partial charge is 0.243 e. The van der Waals surface area contributed by atoms with E-state index in [1.54, 1.807) is 13.8 Å². The molecule has 114 valence electrons. The van der Waals surface area contributed by atoms with Crippen LogP contribution in [0.2, 0.25) is 0 Å². The van der Waals surface area contributed by atoms with Crippen molar-refractivity contribution in [3.05, 3.63) is 22.4 Å². The first kappa shape index (κ1) is 17.4. The highest BCUT2D eigenvalue weighted by Gasteiger charge is 2.27. The zero-order valence-corrected chi connectivity index (χ0v) is 13.7. The fourth-order valence-electron chi connectivity index (χ4n) is 1.59. The van der Waals surface area contributed by atoms with Crippen LogP contribution in [0.1, 0.15) is 26.7 Å². The molecule has 4 N–H and O–H groups in total. The number of nitrogens with two attached hydrogens (primary N) is 1. The lowest BCUT2D eigenvalue weighted by atomic mass is 9.98. The number of aliphatic hydroxyl groups is 1. The van der Waals surface area contributed by atoms with Crippen LogP contribution in [-0.4, -0.2) is 25.7 Å². The lowest BCUT2D eigenvalue weighted by molar-refractivity contribution is 0.0377. The summed E-state index contributed by atoms with van der Waals surface area (Å²) < 4.78 is 40.3. The Morgan fingerprint density at radius 2 is 1.95 bits per heavy atom. The van der Waals surface area contributed by atoms with Gasteiger partial charge in [0.25, 0.3) is 0 Å². The molecular formula is C12H18BrFN2O3S. The Kier molecular flexibility index (Phi) is 5.54. The van der Waals surface area contributed by atoms with E-state index in [2.05, 4.69) is 20.7 Å². The van der Waals surface area contributed by atoms with E-state index < -0.39 is 26.3 Å². The Labute approximate surface area is 126 Å². The van der Waals surface area contributed by atoms with Gasteiger partial charge in [0.15, 0.2) is 5.82 Å². The summed E-state index contributed by atoms with van der Waals surface area (Å²) in [5.41, 5.74) is 4.49. The molecule has 0 amide bonds. The third-order valence-electron chi connectivity index (χ3n) is 3.21. The molecule has 0 aliphatic carbocycles. The van der Waals surface area contributed by atoms with Gasteiger partial charge in [-0.3, -0.25) is 0 Å². The highest BCUT2D eigenvalue weighted by atomic mass is 79.9. The average molecular weight is 369 g/mol. The zero-order chi connectivity index (χ0) is 15.6. The second-order valence-corrected chi connectivity index (χ2v) is 7.16. The van der Waals surface area contributed by atoms with Gasteiger partial charge in [-0.1, -0.05) is 13.8 Å². The Morgan fingerprint density at radius 3 is 2.45 bits per heavy atom. The van der Waals surface area contributed by atoms with Crippen molar-refractivity contribution in [1.82, 2.24) is 4.72 Å². The summed E-state index contributed by atoms with van der Waals surface area (Å²) in [5, 5.41) is 10.1. The van der Waals surface area contributed by atoms with Gasteiger partial charge in [0.2, 0.25) is 10.0 Å². The molecule has 0 aliphatic heterocycles. The number of hydrogen-bond donors (Lipinski definition) is 3. The number of hydrogen-bond acceptors (Lipinski definition) is 4. The van der Waals surface area contributed by atoms with Gasteiger partial charge < -0.3 is 10.8 Å². The van der Waals surface area contributed by atoms with Crippen molar-refractivity contribution in [2.45, 2.75) is 37.2 Å². The van der Waals surface area contributed by atoms with Gasteiger partial charge in [-0.05, 0) is 40.9 Å². The van der Waals surface area contributed by atoms with Crippen molar-refractivity contribution < 1.29 is 17.9 Å². The van der Waals surface area contributed by atoms with E-state index in [1.807, 2.05) is 0 Å². The van der Waals surface area contributed by atoms with Crippen LogP contribution in [0.4, 0.5) is 10.1 Å². The molecule has 5 nitrogen and oxygen atoms in total. The number of nitrogen functional groups attached to an aromatic ring is 1. The normalized spacial score (nSPS) is 12.7. The molecule has 0 bridgehead atoms. The molecule has 0 atom stereocenters. The monoisotopic (exact) mass is 368 g/mol. The predicted octanol–water partition coefficient (Wildman–Crippen LogP) is 2.00. The lowest BCUT2D eigenvalue weighted by Gasteiger charge is -2.25. The standard InChI is InChI=1S/C12H18BrFN2O3S/c1-3-12(17,4-2)7-16-20(18,19)10-6-8(15)5-9(13)11(10)14/h5-6,16-17H,3-4,7,15H2,1-2H3. The number of sulfonamides is 1. The van der Waals surface area contributed by atoms with E-state index in [1.165, 1.54) is 6.07 Å². The minimum Gasteiger partial charge on any atom is -0.399 e. The summed E-state index contributed by atoms with van der Waals surface area (Å²) in [6.07, 6.45) is 0.768. The van der Waals surface area contributed by atoms with Crippen LogP contribution in [0.15, 0.2) is 21.5 Å². The average Bonchev–Trinajstić information content (AvgIpc) is 2.40. The molecule has 0 radical (unpaired) electrons. The Hall–Kier alpha value is -0.700. The molecule has 0 spiro atoms. The molecule has 0 aromatic heterocycles. The Morgan fingerprint density at radius 1 is 1.40 bits per heavy atom. The molecule has 0 unspecified atom stereocenters. The summed E-state index contributed by atoms with van der Waals surface area (Å²) in [5.74, 6) is -0.914. The highest BCUT2D eigenvalue weighted by Crippen LogP contribution is 2.26. The molecular weight excluding hydrogens is 351 g/mol. The molecule has 1 aromatic rings. The summed E-state index contributed by atoms with van der Waals surface area (Å²) in [4.78, 5) is -0.543. The maximum Gasteiger partial charge on any atom is 0.243 e. The summed E-state index contributed by atoms with van der Waals surface area (Å²) in [7, 11) is -4.08. The van der Waals surface area contributed by atoms with Crippen LogP contribution in [0.25, 0.3) is 0 Å². The molecule has 20 heavy (non-hydrogen) atoms. The van der Waals surface area contributed by atoms with Crippen molar-refractivity contribution >= 4 is 31.6 Å². The third kappa shape index (κ3) is 3.91. The highest BCUT2D eigenvalue weighted by molar-refractivity contribution is 9.10. The second kappa shape index (κ2) is 6.38. The number of benzene rings is 1. The van der Waals surface area contributed by atoms with Gasteiger partial charge in [0, 0.05) is 12.2 Å². The molecule has 1 aromatic carbocycles. The minimum atomic E-state index is -4.08. The number of nitrogens with one attached hydrogen (secondary N) is 1. The predicted molar refractivity (Wildman–Crippen MR) is 79.2 cm³/mol. The van der Waals surface area contributed by atoms with Gasteiger partial charge in [-0.15, -0.1) is 0 Å². The first-order chi connectivity index (χ1) is 9.15. The van der Waals surface area contributed by atoms with Gasteiger partial charge in [0.1, 0.15) is 4.90 Å². The minimum absolute atomic E-state index is 0.0286. The fourth-order valence-corrected chi connectivity index (χ4v) is 3.45. The largest absolute Gasteiger partial charge is 0.399 e. The Bertz CT molecular complexity index is 589. The van der Waals surface area contributed by atoms with Crippen LogP contribution in [0, 0.1) is 5.82 Å². The molecule has 0 aliphatic rings. The number of halogens is 2. The van der Waals surface area contributed by atoms with Gasteiger partial charge in [-0.25, -0.2) is 17.5 Å². The summed E-state index contributed by atoms with van der Waals surface area (Å²) >= 11 is 2.91. The maximum absolute atomic E-state index is 13.9. The quantitative estimate of drug-likeness (QED) is 0.669. The van der Waals surface area contributed by atoms with Crippen molar-refractivity contribution in [3.8, 4) is 0 Å². The van der Waals surface area contributed by atoms with Crippen LogP contribution in [-0.2, 0) is 10.0 Å². The van der Waals surface area contributed by atoms with E-state index in [-0.39, 0.29) is 16.7 Å². The fraction of sp³-hybridized carbons (Fsp3) is 0.500. The van der Waals surface area contributed by atoms with E-state index >= 15 is 0 Å². The number of anilines is 1. The van der Waals surface area contributed by atoms with Crippen LogP contribution >= 0.6 is 15.9 Å². The second-order valence-electron chi connectivity index (χ2n) is 4.57. The zero-order valence-electron chi connectivity index (χ0n) is 11.3. The third-order valence-corrected chi connectivity index (χ3v) is 5.19. The van der Waals surface area contributed by atoms with Crippen molar-refractivity contribution in [1.29, 1.82) is 0 Å². The molecule has 0 saturated heterocycles. The van der Waals surface area contributed by atoms with E-state index in [4.69, 9.17) is 5.73 Å². The van der Waals surface area contributed by atoms with Gasteiger partial charge >= 0.3 is 0 Å². The SMILES string of the molecule is CCC(O)(CC)CNS(=O)(=O)c1cc(N)cc(Br)c1F. The van der Waals surface area contributed by atoms with Gasteiger partial charge in [0.05, 0.1) is 10.1 Å². The van der Waals surface area contributed by atoms with Crippen LogP contribution in [0.5, 0.6) is 0 Å². The molecule has 1 rings (SSSR count). The topological polar surface area (TPSA) is 92.4 Å². The first-order valence-electron chi connectivity index (χ1n) is 6.11. The molecule has 8 heteroatoms. The first-order valence-corrected chi connectivity index (χ1v) is 8.39. The van der Waals surface area contributed by atoms with E-state index in [9.17, 15) is 17.9 Å². The van der Waals surface area contributed by atoms with Crippen LogP contribution in [0.3, 0.4) is 0 Å². The number of rotatable bonds is 6.